The zero-order valence-corrected chi connectivity index (χ0v) is 7.42. The summed E-state index contributed by atoms with van der Waals surface area (Å²) < 4.78 is 0. The van der Waals surface area contributed by atoms with Crippen LogP contribution in [0.2, 0.25) is 0 Å². The number of carbonyl (C=O) groups is 1. The summed E-state index contributed by atoms with van der Waals surface area (Å²) in [6.07, 6.45) is 0.982. The summed E-state index contributed by atoms with van der Waals surface area (Å²) in [7, 11) is 0. The van der Waals surface area contributed by atoms with Crippen molar-refractivity contribution in [2.45, 2.75) is 39.7 Å². The van der Waals surface area contributed by atoms with Crippen molar-refractivity contribution in [3.63, 3.8) is 0 Å². The molecule has 0 radical (unpaired) electrons. The highest BCUT2D eigenvalue weighted by atomic mass is 16.3. The largest absolute Gasteiger partial charge is 0.393 e. The van der Waals surface area contributed by atoms with E-state index in [2.05, 4.69) is 0 Å². The van der Waals surface area contributed by atoms with Gasteiger partial charge in [-0.25, -0.2) is 0 Å². The van der Waals surface area contributed by atoms with Gasteiger partial charge < -0.3 is 5.11 Å². The fourth-order valence-electron chi connectivity index (χ4n) is 1.96. The average molecular weight is 156 g/mol. The molecule has 1 rings (SSSR count). The lowest BCUT2D eigenvalue weighted by Gasteiger charge is -2.34. The Bertz CT molecular complexity index is 172. The maximum atomic E-state index is 11.5. The van der Waals surface area contributed by atoms with Crippen molar-refractivity contribution in [2.75, 3.05) is 0 Å². The van der Waals surface area contributed by atoms with Crippen molar-refractivity contribution < 1.29 is 9.90 Å². The Morgan fingerprint density at radius 3 is 2.55 bits per heavy atom. The monoisotopic (exact) mass is 156 g/mol. The molecule has 0 unspecified atom stereocenters. The van der Waals surface area contributed by atoms with E-state index in [1.165, 1.54) is 0 Å². The van der Waals surface area contributed by atoms with E-state index in [0.717, 1.165) is 0 Å². The molecule has 0 amide bonds. The van der Waals surface area contributed by atoms with Gasteiger partial charge in [-0.05, 0) is 12.8 Å². The molecule has 0 saturated heterocycles. The van der Waals surface area contributed by atoms with Crippen molar-refractivity contribution in [3.05, 3.63) is 0 Å². The summed E-state index contributed by atoms with van der Waals surface area (Å²) in [4.78, 5) is 11.5. The summed E-state index contributed by atoms with van der Waals surface area (Å²) in [5.41, 5.74) is -0.308. The third-order valence-corrected chi connectivity index (χ3v) is 2.49. The van der Waals surface area contributed by atoms with Gasteiger partial charge in [-0.3, -0.25) is 4.79 Å². The van der Waals surface area contributed by atoms with E-state index in [9.17, 15) is 9.90 Å². The van der Waals surface area contributed by atoms with Crippen LogP contribution in [0.15, 0.2) is 0 Å². The molecule has 1 aliphatic carbocycles. The molecule has 0 bridgehead atoms. The second kappa shape index (κ2) is 2.59. The van der Waals surface area contributed by atoms with Gasteiger partial charge in [-0.2, -0.15) is 0 Å². The zero-order chi connectivity index (χ0) is 8.65. The summed E-state index contributed by atoms with van der Waals surface area (Å²) >= 11 is 0. The first kappa shape index (κ1) is 8.72. The van der Waals surface area contributed by atoms with E-state index < -0.39 is 0 Å². The number of ketones is 1. The van der Waals surface area contributed by atoms with Gasteiger partial charge >= 0.3 is 0 Å². The second-order valence-electron chi connectivity index (χ2n) is 4.24. The van der Waals surface area contributed by atoms with Crippen LogP contribution >= 0.6 is 0 Å². The number of carbonyl (C=O) groups excluding carboxylic acids is 1. The second-order valence-corrected chi connectivity index (χ2v) is 4.24. The molecule has 64 valence electrons. The highest BCUT2D eigenvalue weighted by Crippen LogP contribution is 2.35. The molecule has 0 aromatic carbocycles. The third kappa shape index (κ3) is 1.62. The van der Waals surface area contributed by atoms with E-state index >= 15 is 0 Å². The standard InChI is InChI=1S/C9H16O2/c1-6-4-7(10)5-9(2,3)8(6)11/h6-7,10H,4-5H2,1-3H3/t6-,7-/m0/s1. The Morgan fingerprint density at radius 1 is 1.55 bits per heavy atom. The Kier molecular flexibility index (Phi) is 2.06. The molecule has 11 heavy (non-hydrogen) atoms. The van der Waals surface area contributed by atoms with Gasteiger partial charge in [0.15, 0.2) is 0 Å². The molecule has 0 heterocycles. The fourth-order valence-corrected chi connectivity index (χ4v) is 1.96. The van der Waals surface area contributed by atoms with Crippen molar-refractivity contribution in [1.82, 2.24) is 0 Å². The smallest absolute Gasteiger partial charge is 0.141 e. The van der Waals surface area contributed by atoms with Crippen LogP contribution in [-0.2, 0) is 4.79 Å². The summed E-state index contributed by atoms with van der Waals surface area (Å²) in [6.45, 7) is 5.72. The summed E-state index contributed by atoms with van der Waals surface area (Å²) in [6, 6.07) is 0. The molecule has 0 spiro atoms. The lowest BCUT2D eigenvalue weighted by molar-refractivity contribution is -0.137. The molecule has 1 saturated carbocycles. The zero-order valence-electron chi connectivity index (χ0n) is 7.42. The first-order valence-corrected chi connectivity index (χ1v) is 4.16. The number of aliphatic hydroxyl groups excluding tert-OH is 1. The Labute approximate surface area is 67.6 Å². The predicted molar refractivity (Wildman–Crippen MR) is 43.2 cm³/mol. The predicted octanol–water partition coefficient (Wildman–Crippen LogP) is 1.37. The van der Waals surface area contributed by atoms with Crippen LogP contribution in [0.5, 0.6) is 0 Å². The summed E-state index contributed by atoms with van der Waals surface area (Å²) in [5, 5.41) is 9.38. The minimum atomic E-state index is -0.308. The van der Waals surface area contributed by atoms with E-state index in [0.29, 0.717) is 18.6 Å². The van der Waals surface area contributed by atoms with Crippen LogP contribution in [0.25, 0.3) is 0 Å². The molecule has 0 aliphatic heterocycles. The van der Waals surface area contributed by atoms with E-state index in [1.807, 2.05) is 20.8 Å². The first-order chi connectivity index (χ1) is 4.93. The summed E-state index contributed by atoms with van der Waals surface area (Å²) in [5.74, 6) is 0.330. The van der Waals surface area contributed by atoms with Crippen molar-refractivity contribution in [1.29, 1.82) is 0 Å². The van der Waals surface area contributed by atoms with Crippen LogP contribution in [0.1, 0.15) is 33.6 Å². The number of Topliss-reactive ketones (excluding diaryl/α,β-unsaturated/α-hetero) is 1. The first-order valence-electron chi connectivity index (χ1n) is 4.16. The van der Waals surface area contributed by atoms with E-state index in [1.54, 1.807) is 0 Å². The van der Waals surface area contributed by atoms with Gasteiger partial charge in [0.05, 0.1) is 6.10 Å². The Balaban J connectivity index is 2.75. The van der Waals surface area contributed by atoms with Gasteiger partial charge in [0.25, 0.3) is 0 Å². The van der Waals surface area contributed by atoms with Crippen LogP contribution in [0, 0.1) is 11.3 Å². The topological polar surface area (TPSA) is 37.3 Å². The quantitative estimate of drug-likeness (QED) is 0.575. The molecular formula is C9H16O2. The van der Waals surface area contributed by atoms with Crippen molar-refractivity contribution in [3.8, 4) is 0 Å². The third-order valence-electron chi connectivity index (χ3n) is 2.49. The van der Waals surface area contributed by atoms with Crippen molar-refractivity contribution >= 4 is 5.78 Å². The Hall–Kier alpha value is -0.370. The molecular weight excluding hydrogens is 140 g/mol. The van der Waals surface area contributed by atoms with Gasteiger partial charge in [-0.15, -0.1) is 0 Å². The van der Waals surface area contributed by atoms with Crippen molar-refractivity contribution in [2.24, 2.45) is 11.3 Å². The number of aliphatic hydroxyl groups is 1. The lowest BCUT2D eigenvalue weighted by atomic mass is 9.70. The molecule has 2 atom stereocenters. The van der Waals surface area contributed by atoms with Crippen LogP contribution in [0.4, 0.5) is 0 Å². The number of hydrogen-bond donors (Lipinski definition) is 1. The lowest BCUT2D eigenvalue weighted by Crippen LogP contribution is -2.40. The maximum Gasteiger partial charge on any atom is 0.141 e. The average Bonchev–Trinajstić information content (AvgIpc) is 1.81. The molecule has 0 aromatic rings. The molecule has 1 N–H and O–H groups in total. The maximum absolute atomic E-state index is 11.5. The van der Waals surface area contributed by atoms with Gasteiger partial charge in [-0.1, -0.05) is 20.8 Å². The highest BCUT2D eigenvalue weighted by molar-refractivity contribution is 5.86. The Morgan fingerprint density at radius 2 is 2.09 bits per heavy atom. The van der Waals surface area contributed by atoms with E-state index in [4.69, 9.17) is 0 Å². The SMILES string of the molecule is C[C@H]1C[C@H](O)CC(C)(C)C1=O. The van der Waals surface area contributed by atoms with Crippen LogP contribution in [0.3, 0.4) is 0 Å². The molecule has 0 aromatic heterocycles. The van der Waals surface area contributed by atoms with Crippen LogP contribution < -0.4 is 0 Å². The molecule has 2 heteroatoms. The van der Waals surface area contributed by atoms with E-state index in [-0.39, 0.29) is 17.4 Å². The number of hydrogen-bond acceptors (Lipinski definition) is 2. The fraction of sp³-hybridized carbons (Fsp3) is 0.889. The normalized spacial score (nSPS) is 37.3. The molecule has 1 fully saturated rings. The van der Waals surface area contributed by atoms with Gasteiger partial charge in [0.2, 0.25) is 0 Å². The highest BCUT2D eigenvalue weighted by Gasteiger charge is 2.38. The molecule has 1 aliphatic rings. The van der Waals surface area contributed by atoms with Crippen LogP contribution in [-0.4, -0.2) is 17.0 Å². The molecule has 2 nitrogen and oxygen atoms in total. The minimum absolute atomic E-state index is 0.0359. The minimum Gasteiger partial charge on any atom is -0.393 e. The number of rotatable bonds is 0. The van der Waals surface area contributed by atoms with Gasteiger partial charge in [0, 0.05) is 11.3 Å². The van der Waals surface area contributed by atoms with Gasteiger partial charge in [0.1, 0.15) is 5.78 Å².